The summed E-state index contributed by atoms with van der Waals surface area (Å²) in [5.74, 6) is 0.593. The van der Waals surface area contributed by atoms with Crippen LogP contribution in [-0.4, -0.2) is 59.5 Å². The molecule has 1 aliphatic heterocycles. The summed E-state index contributed by atoms with van der Waals surface area (Å²) < 4.78 is 5.37. The van der Waals surface area contributed by atoms with E-state index in [0.717, 1.165) is 49.7 Å². The zero-order valence-corrected chi connectivity index (χ0v) is 16.8. The molecule has 0 saturated carbocycles. The fraction of sp³-hybridized carbons (Fsp3) is 0.350. The molecule has 0 bridgehead atoms. The molecule has 1 aliphatic rings. The second kappa shape index (κ2) is 9.17. The number of nitrogens with zero attached hydrogens (tertiary/aromatic N) is 2. The second-order valence-corrected chi connectivity index (χ2v) is 7.65. The number of fused-ring (bicyclic) bond motifs is 1. The topological polar surface area (TPSA) is 99.3 Å². The summed E-state index contributed by atoms with van der Waals surface area (Å²) in [6, 6.07) is 7.37. The van der Waals surface area contributed by atoms with Crippen molar-refractivity contribution in [2.24, 2.45) is 0 Å². The standard InChI is InChI=1S/C20H23N5O3S/c26-19(3-5-21-20(27)14-4-10-29-13-14)22-15-1-2-16-17(11-15)24-18(23-16)12-25-6-8-28-9-7-25/h1-2,4,10-11,13H,3,5-9,12H2,(H,21,27)(H,22,26)(H,23,24). The molecule has 0 atom stereocenters. The number of anilines is 1. The predicted octanol–water partition coefficient (Wildman–Crippen LogP) is 2.22. The molecule has 2 aromatic heterocycles. The number of aromatic amines is 1. The highest BCUT2D eigenvalue weighted by Crippen LogP contribution is 2.18. The number of morpholine rings is 1. The van der Waals surface area contributed by atoms with E-state index >= 15 is 0 Å². The Bertz CT molecular complexity index is 979. The lowest BCUT2D eigenvalue weighted by atomic mass is 10.2. The molecule has 0 unspecified atom stereocenters. The molecule has 1 saturated heterocycles. The smallest absolute Gasteiger partial charge is 0.252 e. The molecule has 2 amide bonds. The van der Waals surface area contributed by atoms with Gasteiger partial charge in [0.15, 0.2) is 0 Å². The van der Waals surface area contributed by atoms with Crippen LogP contribution in [0.15, 0.2) is 35.0 Å². The van der Waals surface area contributed by atoms with Crippen molar-refractivity contribution in [2.45, 2.75) is 13.0 Å². The Morgan fingerprint density at radius 2 is 2.10 bits per heavy atom. The van der Waals surface area contributed by atoms with Crippen LogP contribution in [0.4, 0.5) is 5.69 Å². The average molecular weight is 414 g/mol. The zero-order valence-electron chi connectivity index (χ0n) is 15.9. The van der Waals surface area contributed by atoms with Gasteiger partial charge in [-0.1, -0.05) is 0 Å². The number of imidazole rings is 1. The number of nitrogens with one attached hydrogen (secondary N) is 3. The lowest BCUT2D eigenvalue weighted by molar-refractivity contribution is -0.116. The lowest BCUT2D eigenvalue weighted by Gasteiger charge is -2.25. The van der Waals surface area contributed by atoms with Gasteiger partial charge in [0.25, 0.3) is 5.91 Å². The molecule has 3 heterocycles. The lowest BCUT2D eigenvalue weighted by Crippen LogP contribution is -2.35. The number of H-pyrrole nitrogens is 1. The van der Waals surface area contributed by atoms with Crippen LogP contribution in [-0.2, 0) is 16.1 Å². The maximum Gasteiger partial charge on any atom is 0.252 e. The fourth-order valence-electron chi connectivity index (χ4n) is 3.19. The van der Waals surface area contributed by atoms with Crippen LogP contribution in [0, 0.1) is 0 Å². The highest BCUT2D eigenvalue weighted by Gasteiger charge is 2.13. The molecule has 1 fully saturated rings. The van der Waals surface area contributed by atoms with E-state index in [-0.39, 0.29) is 24.8 Å². The quantitative estimate of drug-likeness (QED) is 0.552. The van der Waals surface area contributed by atoms with Gasteiger partial charge in [-0.2, -0.15) is 11.3 Å². The third kappa shape index (κ3) is 5.20. The molecule has 3 N–H and O–H groups in total. The van der Waals surface area contributed by atoms with Crippen LogP contribution >= 0.6 is 11.3 Å². The number of rotatable bonds is 7. The molecule has 0 aliphatic carbocycles. The highest BCUT2D eigenvalue weighted by molar-refractivity contribution is 7.08. The minimum absolute atomic E-state index is 0.150. The van der Waals surface area contributed by atoms with E-state index in [9.17, 15) is 9.59 Å². The molecule has 8 nitrogen and oxygen atoms in total. The van der Waals surface area contributed by atoms with Gasteiger partial charge < -0.3 is 20.4 Å². The van der Waals surface area contributed by atoms with E-state index < -0.39 is 0 Å². The number of carbonyl (C=O) groups excluding carboxylic acids is 2. The maximum absolute atomic E-state index is 12.2. The number of ether oxygens (including phenoxy) is 1. The van der Waals surface area contributed by atoms with Crippen molar-refractivity contribution in [3.8, 4) is 0 Å². The van der Waals surface area contributed by atoms with E-state index in [4.69, 9.17) is 4.74 Å². The third-order valence-electron chi connectivity index (χ3n) is 4.71. The second-order valence-electron chi connectivity index (χ2n) is 6.87. The molecule has 4 rings (SSSR count). The van der Waals surface area contributed by atoms with Gasteiger partial charge in [0, 0.05) is 42.7 Å². The first-order chi connectivity index (χ1) is 14.2. The van der Waals surface area contributed by atoms with Crippen molar-refractivity contribution in [2.75, 3.05) is 38.2 Å². The van der Waals surface area contributed by atoms with Gasteiger partial charge in [-0.3, -0.25) is 14.5 Å². The third-order valence-corrected chi connectivity index (χ3v) is 5.40. The summed E-state index contributed by atoms with van der Waals surface area (Å²) in [6.07, 6.45) is 0.208. The monoisotopic (exact) mass is 413 g/mol. The number of hydrogen-bond donors (Lipinski definition) is 3. The number of hydrogen-bond acceptors (Lipinski definition) is 6. The minimum Gasteiger partial charge on any atom is -0.379 e. The summed E-state index contributed by atoms with van der Waals surface area (Å²) in [7, 11) is 0. The van der Waals surface area contributed by atoms with Crippen LogP contribution in [0.1, 0.15) is 22.6 Å². The number of aromatic nitrogens is 2. The van der Waals surface area contributed by atoms with Crippen LogP contribution in [0.5, 0.6) is 0 Å². The zero-order chi connectivity index (χ0) is 20.1. The molecular weight excluding hydrogens is 390 g/mol. The van der Waals surface area contributed by atoms with Gasteiger partial charge in [0.1, 0.15) is 5.82 Å². The largest absolute Gasteiger partial charge is 0.379 e. The van der Waals surface area contributed by atoms with E-state index in [2.05, 4.69) is 25.5 Å². The number of thiophene rings is 1. The normalized spacial score (nSPS) is 14.8. The van der Waals surface area contributed by atoms with E-state index in [1.54, 1.807) is 11.4 Å². The molecule has 29 heavy (non-hydrogen) atoms. The SMILES string of the molecule is O=C(CCNC(=O)c1ccsc1)Nc1ccc2nc(CN3CCOCC3)[nH]c2c1. The Morgan fingerprint density at radius 1 is 1.24 bits per heavy atom. The maximum atomic E-state index is 12.2. The summed E-state index contributed by atoms with van der Waals surface area (Å²) in [5.41, 5.74) is 3.08. The van der Waals surface area contributed by atoms with Gasteiger partial charge in [-0.15, -0.1) is 0 Å². The van der Waals surface area contributed by atoms with Crippen molar-refractivity contribution < 1.29 is 14.3 Å². The highest BCUT2D eigenvalue weighted by atomic mass is 32.1. The predicted molar refractivity (Wildman–Crippen MR) is 112 cm³/mol. The number of carbonyl (C=O) groups is 2. The molecule has 9 heteroatoms. The van der Waals surface area contributed by atoms with Crippen molar-refractivity contribution in [1.29, 1.82) is 0 Å². The van der Waals surface area contributed by atoms with Gasteiger partial charge in [-0.05, 0) is 29.6 Å². The summed E-state index contributed by atoms with van der Waals surface area (Å²) in [4.78, 5) is 34.3. The molecule has 0 radical (unpaired) electrons. The van der Waals surface area contributed by atoms with E-state index in [1.165, 1.54) is 11.3 Å². The first-order valence-corrected chi connectivity index (χ1v) is 10.5. The molecule has 152 valence electrons. The molecule has 3 aromatic rings. The van der Waals surface area contributed by atoms with Gasteiger partial charge >= 0.3 is 0 Å². The summed E-state index contributed by atoms with van der Waals surface area (Å²) >= 11 is 1.47. The Balaban J connectivity index is 1.29. The average Bonchev–Trinajstić information content (AvgIpc) is 3.38. The van der Waals surface area contributed by atoms with Crippen LogP contribution in [0.3, 0.4) is 0 Å². The van der Waals surface area contributed by atoms with Crippen LogP contribution in [0.25, 0.3) is 11.0 Å². The van der Waals surface area contributed by atoms with Gasteiger partial charge in [0.05, 0.1) is 30.8 Å². The first-order valence-electron chi connectivity index (χ1n) is 9.56. The molecular formula is C20H23N5O3S. The van der Waals surface area contributed by atoms with Crippen molar-refractivity contribution >= 4 is 39.9 Å². The Hall–Kier alpha value is -2.75. The van der Waals surface area contributed by atoms with Crippen molar-refractivity contribution in [3.05, 3.63) is 46.4 Å². The minimum atomic E-state index is -0.161. The van der Waals surface area contributed by atoms with Crippen LogP contribution in [0.2, 0.25) is 0 Å². The first kappa shape index (κ1) is 19.6. The summed E-state index contributed by atoms with van der Waals surface area (Å²) in [6.45, 7) is 4.36. The summed E-state index contributed by atoms with van der Waals surface area (Å²) in [5, 5.41) is 9.25. The number of benzene rings is 1. The molecule has 1 aromatic carbocycles. The van der Waals surface area contributed by atoms with E-state index in [1.807, 2.05) is 23.6 Å². The van der Waals surface area contributed by atoms with Gasteiger partial charge in [0.2, 0.25) is 5.91 Å². The van der Waals surface area contributed by atoms with Gasteiger partial charge in [-0.25, -0.2) is 4.98 Å². The van der Waals surface area contributed by atoms with E-state index in [0.29, 0.717) is 11.3 Å². The Kier molecular flexibility index (Phi) is 6.18. The number of amides is 2. The van der Waals surface area contributed by atoms with Crippen LogP contribution < -0.4 is 10.6 Å². The molecule has 0 spiro atoms. The van der Waals surface area contributed by atoms with Crippen molar-refractivity contribution in [1.82, 2.24) is 20.2 Å². The Labute approximate surface area is 172 Å². The fourth-order valence-corrected chi connectivity index (χ4v) is 3.83. The van der Waals surface area contributed by atoms with Crippen molar-refractivity contribution in [3.63, 3.8) is 0 Å². The Morgan fingerprint density at radius 3 is 2.90 bits per heavy atom.